The van der Waals surface area contributed by atoms with Gasteiger partial charge in [-0.1, -0.05) is 61.4 Å². The summed E-state index contributed by atoms with van der Waals surface area (Å²) in [5, 5.41) is 7.26. The predicted octanol–water partition coefficient (Wildman–Crippen LogP) is 4.82. The monoisotopic (exact) mass is 312 g/mol. The van der Waals surface area contributed by atoms with Gasteiger partial charge in [0.2, 0.25) is 0 Å². The zero-order valence-corrected chi connectivity index (χ0v) is 14.2. The van der Waals surface area contributed by atoms with Gasteiger partial charge in [-0.25, -0.2) is 0 Å². The Kier molecular flexibility index (Phi) is 6.41. The van der Waals surface area contributed by atoms with E-state index in [2.05, 4.69) is 66.9 Å². The summed E-state index contributed by atoms with van der Waals surface area (Å²) in [6.07, 6.45) is 3.48. The zero-order valence-electron chi connectivity index (χ0n) is 13.4. The van der Waals surface area contributed by atoms with Gasteiger partial charge in [0.05, 0.1) is 0 Å². The molecule has 0 saturated carbocycles. The molecular weight excluding hydrogens is 288 g/mol. The lowest BCUT2D eigenvalue weighted by atomic mass is 10.1. The molecule has 0 aliphatic heterocycles. The van der Waals surface area contributed by atoms with Gasteiger partial charge < -0.3 is 10.6 Å². The van der Waals surface area contributed by atoms with Crippen molar-refractivity contribution in [3.63, 3.8) is 0 Å². The molecule has 0 unspecified atom stereocenters. The molecule has 0 fully saturated rings. The van der Waals surface area contributed by atoms with Crippen molar-refractivity contribution in [3.8, 4) is 0 Å². The normalized spacial score (nSPS) is 10.3. The van der Waals surface area contributed by atoms with Crippen LogP contribution in [0.1, 0.15) is 36.5 Å². The average molecular weight is 312 g/mol. The molecule has 2 rings (SSSR count). The van der Waals surface area contributed by atoms with Crippen molar-refractivity contribution in [2.75, 3.05) is 5.32 Å². The van der Waals surface area contributed by atoms with Gasteiger partial charge in [-0.3, -0.25) is 0 Å². The van der Waals surface area contributed by atoms with Gasteiger partial charge in [-0.2, -0.15) is 0 Å². The standard InChI is InChI=1S/C19H24N2S/c1-3-4-7-17-8-5-6-9-18(17)21-19(22)20-14-16-12-10-15(2)11-13-16/h5-6,8-13H,3-4,7,14H2,1-2H3,(H2,20,21,22). The first-order chi connectivity index (χ1) is 10.7. The molecule has 0 radical (unpaired) electrons. The minimum absolute atomic E-state index is 0.671. The maximum absolute atomic E-state index is 5.41. The van der Waals surface area contributed by atoms with Crippen molar-refractivity contribution in [1.29, 1.82) is 0 Å². The molecule has 0 bridgehead atoms. The smallest absolute Gasteiger partial charge is 0.171 e. The van der Waals surface area contributed by atoms with Gasteiger partial charge in [0.25, 0.3) is 0 Å². The van der Waals surface area contributed by atoms with Crippen LogP contribution >= 0.6 is 12.2 Å². The molecule has 2 aromatic carbocycles. The maximum Gasteiger partial charge on any atom is 0.171 e. The quantitative estimate of drug-likeness (QED) is 0.748. The predicted molar refractivity (Wildman–Crippen MR) is 99.3 cm³/mol. The summed E-state index contributed by atoms with van der Waals surface area (Å²) < 4.78 is 0. The SMILES string of the molecule is CCCCc1ccccc1NC(=S)NCc1ccc(C)cc1. The zero-order chi connectivity index (χ0) is 15.8. The number of rotatable bonds is 6. The van der Waals surface area contributed by atoms with E-state index < -0.39 is 0 Å². The van der Waals surface area contributed by atoms with E-state index in [-0.39, 0.29) is 0 Å². The molecule has 116 valence electrons. The second-order valence-electron chi connectivity index (χ2n) is 5.55. The van der Waals surface area contributed by atoms with Gasteiger partial charge >= 0.3 is 0 Å². The van der Waals surface area contributed by atoms with E-state index in [1.54, 1.807) is 0 Å². The van der Waals surface area contributed by atoms with Crippen LogP contribution in [0.2, 0.25) is 0 Å². The van der Waals surface area contributed by atoms with Crippen LogP contribution < -0.4 is 10.6 Å². The second kappa shape index (κ2) is 8.54. The lowest BCUT2D eigenvalue weighted by Crippen LogP contribution is -2.28. The number of para-hydroxylation sites is 1. The van der Waals surface area contributed by atoms with Crippen molar-refractivity contribution in [1.82, 2.24) is 5.32 Å². The summed E-state index contributed by atoms with van der Waals surface area (Å²) in [5.41, 5.74) is 4.93. The summed E-state index contributed by atoms with van der Waals surface area (Å²) in [7, 11) is 0. The third-order valence-electron chi connectivity index (χ3n) is 3.64. The lowest BCUT2D eigenvalue weighted by molar-refractivity contribution is 0.796. The van der Waals surface area contributed by atoms with Crippen molar-refractivity contribution >= 4 is 23.0 Å². The minimum atomic E-state index is 0.671. The molecular formula is C19H24N2S. The summed E-state index contributed by atoms with van der Waals surface area (Å²) in [5.74, 6) is 0. The van der Waals surface area contributed by atoms with Crippen molar-refractivity contribution < 1.29 is 0 Å². The fourth-order valence-corrected chi connectivity index (χ4v) is 2.46. The number of hydrogen-bond acceptors (Lipinski definition) is 1. The molecule has 0 aliphatic rings. The van der Waals surface area contributed by atoms with E-state index in [1.165, 1.54) is 29.5 Å². The van der Waals surface area contributed by atoms with E-state index >= 15 is 0 Å². The van der Waals surface area contributed by atoms with Gasteiger partial charge in [0, 0.05) is 12.2 Å². The Morgan fingerprint density at radius 1 is 1.05 bits per heavy atom. The second-order valence-corrected chi connectivity index (χ2v) is 5.96. The summed E-state index contributed by atoms with van der Waals surface area (Å²) >= 11 is 5.41. The largest absolute Gasteiger partial charge is 0.358 e. The van der Waals surface area contributed by atoms with Gasteiger partial charge in [0.15, 0.2) is 5.11 Å². The number of anilines is 1. The number of benzene rings is 2. The Balaban J connectivity index is 1.90. The molecule has 2 nitrogen and oxygen atoms in total. The number of unbranched alkanes of at least 4 members (excludes halogenated alkanes) is 1. The van der Waals surface area contributed by atoms with Crippen molar-refractivity contribution in [2.45, 2.75) is 39.7 Å². The van der Waals surface area contributed by atoms with E-state index in [9.17, 15) is 0 Å². The molecule has 2 aromatic rings. The number of nitrogens with one attached hydrogen (secondary N) is 2. The van der Waals surface area contributed by atoms with Gasteiger partial charge in [-0.05, 0) is 49.2 Å². The van der Waals surface area contributed by atoms with E-state index in [4.69, 9.17) is 12.2 Å². The van der Waals surface area contributed by atoms with Crippen LogP contribution in [0.4, 0.5) is 5.69 Å². The third-order valence-corrected chi connectivity index (χ3v) is 3.89. The van der Waals surface area contributed by atoms with Crippen LogP contribution in [0.25, 0.3) is 0 Å². The molecule has 0 atom stereocenters. The highest BCUT2D eigenvalue weighted by atomic mass is 32.1. The first-order valence-electron chi connectivity index (χ1n) is 7.87. The van der Waals surface area contributed by atoms with Crippen LogP contribution in [-0.4, -0.2) is 5.11 Å². The summed E-state index contributed by atoms with van der Waals surface area (Å²) in [6, 6.07) is 16.9. The molecule has 0 aliphatic carbocycles. The molecule has 0 saturated heterocycles. The molecule has 0 amide bonds. The first kappa shape index (κ1) is 16.5. The minimum Gasteiger partial charge on any atom is -0.358 e. The maximum atomic E-state index is 5.41. The molecule has 0 spiro atoms. The summed E-state index contributed by atoms with van der Waals surface area (Å²) in [6.45, 7) is 5.05. The number of hydrogen-bond donors (Lipinski definition) is 2. The van der Waals surface area contributed by atoms with Crippen molar-refractivity contribution in [2.24, 2.45) is 0 Å². The van der Waals surface area contributed by atoms with Crippen LogP contribution in [0.15, 0.2) is 48.5 Å². The number of thiocarbonyl (C=S) groups is 1. The Bertz CT molecular complexity index is 605. The topological polar surface area (TPSA) is 24.1 Å². The molecule has 2 N–H and O–H groups in total. The molecule has 22 heavy (non-hydrogen) atoms. The van der Waals surface area contributed by atoms with Crippen LogP contribution in [0.3, 0.4) is 0 Å². The molecule has 0 heterocycles. The van der Waals surface area contributed by atoms with E-state index in [0.717, 1.165) is 18.7 Å². The Hall–Kier alpha value is -1.87. The molecule has 3 heteroatoms. The average Bonchev–Trinajstić information content (AvgIpc) is 2.53. The first-order valence-corrected chi connectivity index (χ1v) is 8.28. The number of aryl methyl sites for hydroxylation is 2. The Morgan fingerprint density at radius 2 is 1.77 bits per heavy atom. The highest BCUT2D eigenvalue weighted by Gasteiger charge is 2.03. The lowest BCUT2D eigenvalue weighted by Gasteiger charge is -2.14. The van der Waals surface area contributed by atoms with Crippen LogP contribution in [-0.2, 0) is 13.0 Å². The van der Waals surface area contributed by atoms with Crippen molar-refractivity contribution in [3.05, 3.63) is 65.2 Å². The molecule has 0 aromatic heterocycles. The Morgan fingerprint density at radius 3 is 2.50 bits per heavy atom. The van der Waals surface area contributed by atoms with Crippen LogP contribution in [0, 0.1) is 6.92 Å². The van der Waals surface area contributed by atoms with Gasteiger partial charge in [0.1, 0.15) is 0 Å². The fourth-order valence-electron chi connectivity index (χ4n) is 2.28. The van der Waals surface area contributed by atoms with Gasteiger partial charge in [-0.15, -0.1) is 0 Å². The summed E-state index contributed by atoms with van der Waals surface area (Å²) in [4.78, 5) is 0. The van der Waals surface area contributed by atoms with Crippen LogP contribution in [0.5, 0.6) is 0 Å². The fraction of sp³-hybridized carbons (Fsp3) is 0.316. The highest BCUT2D eigenvalue weighted by molar-refractivity contribution is 7.80. The van der Waals surface area contributed by atoms with E-state index in [0.29, 0.717) is 5.11 Å². The van der Waals surface area contributed by atoms with E-state index in [1.807, 2.05) is 6.07 Å². The highest BCUT2D eigenvalue weighted by Crippen LogP contribution is 2.17. The third kappa shape index (κ3) is 5.15. The Labute approximate surface area is 139 Å².